The molecule has 1 aromatic rings. The van der Waals surface area contributed by atoms with Crippen LogP contribution in [0.3, 0.4) is 0 Å². The van der Waals surface area contributed by atoms with Crippen molar-refractivity contribution in [1.29, 1.82) is 0 Å². The molecule has 1 N–H and O–H groups in total. The zero-order valence-electron chi connectivity index (χ0n) is 11.7. The highest BCUT2D eigenvalue weighted by Gasteiger charge is 2.34. The molecule has 1 heterocycles. The van der Waals surface area contributed by atoms with Gasteiger partial charge in [0.2, 0.25) is 0 Å². The Balaban J connectivity index is 1.97. The summed E-state index contributed by atoms with van der Waals surface area (Å²) in [6.45, 7) is 3.31. The summed E-state index contributed by atoms with van der Waals surface area (Å²) in [6.07, 6.45) is 0. The zero-order chi connectivity index (χ0) is 15.6. The molecule has 5 nitrogen and oxygen atoms in total. The third-order valence-electron chi connectivity index (χ3n) is 3.85. The van der Waals surface area contributed by atoms with Crippen LogP contribution in [-0.2, 0) is 14.6 Å². The maximum absolute atomic E-state index is 12.2. The lowest BCUT2D eigenvalue weighted by Gasteiger charge is -2.15. The number of halogens is 1. The van der Waals surface area contributed by atoms with E-state index in [1.54, 1.807) is 24.3 Å². The molecule has 7 heteroatoms. The Kier molecular flexibility index (Phi) is 5.06. The second-order valence-electron chi connectivity index (χ2n) is 5.45. The monoisotopic (exact) mass is 375 g/mol. The van der Waals surface area contributed by atoms with Crippen LogP contribution >= 0.6 is 15.9 Å². The molecule has 0 aliphatic carbocycles. The molecule has 1 fully saturated rings. The third kappa shape index (κ3) is 4.05. The lowest BCUT2D eigenvalue weighted by Crippen LogP contribution is -2.28. The molecule has 1 aliphatic heterocycles. The Bertz CT molecular complexity index is 614. The number of carboxylic acid groups (broad SMARTS) is 1. The van der Waals surface area contributed by atoms with Crippen LogP contribution in [0.15, 0.2) is 33.6 Å². The van der Waals surface area contributed by atoms with Gasteiger partial charge in [0.25, 0.3) is 0 Å². The summed E-state index contributed by atoms with van der Waals surface area (Å²) >= 11 is 3.27. The van der Waals surface area contributed by atoms with Gasteiger partial charge in [0.15, 0.2) is 9.84 Å². The lowest BCUT2D eigenvalue weighted by molar-refractivity contribution is -0.142. The van der Waals surface area contributed by atoms with Gasteiger partial charge in [-0.3, -0.25) is 4.79 Å². The second-order valence-corrected chi connectivity index (χ2v) is 8.48. The van der Waals surface area contributed by atoms with Crippen LogP contribution in [0.1, 0.15) is 6.92 Å². The van der Waals surface area contributed by atoms with Crippen molar-refractivity contribution < 1.29 is 18.3 Å². The first-order chi connectivity index (χ1) is 9.79. The van der Waals surface area contributed by atoms with Gasteiger partial charge in [-0.25, -0.2) is 8.42 Å². The second kappa shape index (κ2) is 6.46. The largest absolute Gasteiger partial charge is 0.481 e. The summed E-state index contributed by atoms with van der Waals surface area (Å²) < 4.78 is 25.3. The Morgan fingerprint density at radius 1 is 1.33 bits per heavy atom. The van der Waals surface area contributed by atoms with E-state index in [-0.39, 0.29) is 11.7 Å². The van der Waals surface area contributed by atoms with E-state index < -0.39 is 21.7 Å². The van der Waals surface area contributed by atoms with Gasteiger partial charge in [-0.2, -0.15) is 0 Å². The highest BCUT2D eigenvalue weighted by Crippen LogP contribution is 2.23. The molecule has 0 bridgehead atoms. The van der Waals surface area contributed by atoms with Crippen LogP contribution < -0.4 is 0 Å². The van der Waals surface area contributed by atoms with Gasteiger partial charge in [0.1, 0.15) is 0 Å². The van der Waals surface area contributed by atoms with E-state index in [1.807, 2.05) is 11.8 Å². The highest BCUT2D eigenvalue weighted by atomic mass is 79.9. The van der Waals surface area contributed by atoms with E-state index >= 15 is 0 Å². The zero-order valence-corrected chi connectivity index (χ0v) is 14.1. The number of nitrogens with zero attached hydrogens (tertiary/aromatic N) is 1. The fourth-order valence-corrected chi connectivity index (χ4v) is 4.13. The molecule has 0 aromatic heterocycles. The first-order valence-corrected chi connectivity index (χ1v) is 9.17. The summed E-state index contributed by atoms with van der Waals surface area (Å²) in [5, 5.41) is 9.08. The smallest absolute Gasteiger partial charge is 0.308 e. The molecule has 21 heavy (non-hydrogen) atoms. The Morgan fingerprint density at radius 3 is 2.48 bits per heavy atom. The summed E-state index contributed by atoms with van der Waals surface area (Å²) in [5.74, 6) is -1.15. The molecule has 2 unspecified atom stereocenters. The molecule has 2 atom stereocenters. The van der Waals surface area contributed by atoms with E-state index in [4.69, 9.17) is 5.11 Å². The highest BCUT2D eigenvalue weighted by molar-refractivity contribution is 9.10. The van der Waals surface area contributed by atoms with E-state index in [2.05, 4.69) is 15.9 Å². The van der Waals surface area contributed by atoms with Crippen LogP contribution in [0.4, 0.5) is 0 Å². The number of hydrogen-bond donors (Lipinski definition) is 1. The molecule has 2 rings (SSSR count). The first-order valence-electron chi connectivity index (χ1n) is 6.73. The fraction of sp³-hybridized carbons (Fsp3) is 0.500. The Labute approximate surface area is 133 Å². The van der Waals surface area contributed by atoms with Gasteiger partial charge >= 0.3 is 5.97 Å². The minimum absolute atomic E-state index is 0.00763. The predicted molar refractivity (Wildman–Crippen MR) is 82.9 cm³/mol. The molecule has 0 radical (unpaired) electrons. The average Bonchev–Trinajstić information content (AvgIpc) is 2.79. The van der Waals surface area contributed by atoms with Crippen LogP contribution in [0.25, 0.3) is 0 Å². The van der Waals surface area contributed by atoms with Crippen molar-refractivity contribution in [2.75, 3.05) is 25.4 Å². The first kappa shape index (κ1) is 16.5. The molecular formula is C14H18BrNO4S. The average molecular weight is 376 g/mol. The van der Waals surface area contributed by atoms with Gasteiger partial charge < -0.3 is 10.0 Å². The molecule has 1 aliphatic rings. The number of benzene rings is 1. The topological polar surface area (TPSA) is 74.7 Å². The number of carbonyl (C=O) groups is 1. The maximum atomic E-state index is 12.2. The number of carboxylic acids is 1. The SMILES string of the molecule is CC1CN(CCS(=O)(=O)c2ccc(Br)cc2)CC1C(=O)O. The molecule has 0 spiro atoms. The van der Waals surface area contributed by atoms with Crippen molar-refractivity contribution in [1.82, 2.24) is 4.90 Å². The van der Waals surface area contributed by atoms with Gasteiger partial charge in [0.05, 0.1) is 16.6 Å². The summed E-state index contributed by atoms with van der Waals surface area (Å²) in [4.78, 5) is 13.3. The molecule has 0 saturated carbocycles. The molecule has 116 valence electrons. The van der Waals surface area contributed by atoms with E-state index in [1.165, 1.54) is 0 Å². The van der Waals surface area contributed by atoms with Gasteiger partial charge in [-0.1, -0.05) is 22.9 Å². The van der Waals surface area contributed by atoms with E-state index in [0.29, 0.717) is 24.5 Å². The summed E-state index contributed by atoms with van der Waals surface area (Å²) in [7, 11) is -3.33. The Hall–Kier alpha value is -0.920. The third-order valence-corrected chi connectivity index (χ3v) is 6.09. The minimum Gasteiger partial charge on any atom is -0.481 e. The van der Waals surface area contributed by atoms with E-state index in [0.717, 1.165) is 4.47 Å². The van der Waals surface area contributed by atoms with E-state index in [9.17, 15) is 13.2 Å². The maximum Gasteiger partial charge on any atom is 0.308 e. The number of aliphatic carboxylic acids is 1. The van der Waals surface area contributed by atoms with Gasteiger partial charge in [-0.15, -0.1) is 0 Å². The van der Waals surface area contributed by atoms with Crippen molar-refractivity contribution >= 4 is 31.7 Å². The number of rotatable bonds is 5. The van der Waals surface area contributed by atoms with Gasteiger partial charge in [-0.05, 0) is 30.2 Å². The minimum atomic E-state index is -3.33. The van der Waals surface area contributed by atoms with Crippen molar-refractivity contribution in [3.8, 4) is 0 Å². The van der Waals surface area contributed by atoms with Crippen molar-refractivity contribution in [3.05, 3.63) is 28.7 Å². The van der Waals surface area contributed by atoms with Crippen molar-refractivity contribution in [3.63, 3.8) is 0 Å². The van der Waals surface area contributed by atoms with Crippen molar-refractivity contribution in [2.45, 2.75) is 11.8 Å². The standard InChI is InChI=1S/C14H18BrNO4S/c1-10-8-16(9-13(10)14(17)18)6-7-21(19,20)12-4-2-11(15)3-5-12/h2-5,10,13H,6-9H2,1H3,(H,17,18). The van der Waals surface area contributed by atoms with Crippen LogP contribution in [-0.4, -0.2) is 49.8 Å². The summed E-state index contributed by atoms with van der Waals surface area (Å²) in [5.41, 5.74) is 0. The van der Waals surface area contributed by atoms with Crippen LogP contribution in [0.5, 0.6) is 0 Å². The molecule has 1 aromatic carbocycles. The summed E-state index contributed by atoms with van der Waals surface area (Å²) in [6, 6.07) is 6.55. The number of sulfone groups is 1. The normalized spacial score (nSPS) is 23.3. The predicted octanol–water partition coefficient (Wildman–Crippen LogP) is 1.88. The van der Waals surface area contributed by atoms with Crippen LogP contribution in [0, 0.1) is 11.8 Å². The molecule has 1 saturated heterocycles. The fourth-order valence-electron chi connectivity index (χ4n) is 2.58. The lowest BCUT2D eigenvalue weighted by atomic mass is 9.99. The Morgan fingerprint density at radius 2 is 1.95 bits per heavy atom. The van der Waals surface area contributed by atoms with Crippen molar-refractivity contribution in [2.24, 2.45) is 11.8 Å². The number of hydrogen-bond acceptors (Lipinski definition) is 4. The molecular weight excluding hydrogens is 358 g/mol. The van der Waals surface area contributed by atoms with Gasteiger partial charge in [0, 0.05) is 24.1 Å². The number of likely N-dealkylation sites (tertiary alicyclic amines) is 1. The molecule has 0 amide bonds. The van der Waals surface area contributed by atoms with Crippen LogP contribution in [0.2, 0.25) is 0 Å². The quantitative estimate of drug-likeness (QED) is 0.850.